The van der Waals surface area contributed by atoms with Crippen molar-refractivity contribution in [3.8, 4) is 22.9 Å². The standard InChI is InChI=1S/C21H16ClN3O4S/c22-13-7-6-11(10-14(13)25(27)28)15-8-9-16(29-15)19-23-20(26)18-12-4-2-1-3-5-17(12)30-21(18)24-19/h6-10H,1-5H2,(H,23,24,26). The molecule has 1 aromatic carbocycles. The summed E-state index contributed by atoms with van der Waals surface area (Å²) in [5.41, 5.74) is 1.31. The summed E-state index contributed by atoms with van der Waals surface area (Å²) in [5.74, 6) is 1.17. The molecule has 0 spiro atoms. The highest BCUT2D eigenvalue weighted by atomic mass is 35.5. The van der Waals surface area contributed by atoms with Crippen molar-refractivity contribution >= 4 is 38.8 Å². The molecule has 152 valence electrons. The van der Waals surface area contributed by atoms with Crippen molar-refractivity contribution in [2.75, 3.05) is 0 Å². The van der Waals surface area contributed by atoms with Crippen molar-refractivity contribution in [2.45, 2.75) is 32.1 Å². The molecule has 0 aliphatic heterocycles. The Hall–Kier alpha value is -2.97. The number of hydrogen-bond acceptors (Lipinski definition) is 6. The Morgan fingerprint density at radius 3 is 2.77 bits per heavy atom. The molecule has 0 bridgehead atoms. The lowest BCUT2D eigenvalue weighted by atomic mass is 10.1. The third kappa shape index (κ3) is 3.22. The summed E-state index contributed by atoms with van der Waals surface area (Å²) < 4.78 is 5.86. The summed E-state index contributed by atoms with van der Waals surface area (Å²) >= 11 is 7.47. The zero-order valence-electron chi connectivity index (χ0n) is 15.7. The van der Waals surface area contributed by atoms with Crippen LogP contribution in [0.15, 0.2) is 39.5 Å². The third-order valence-electron chi connectivity index (χ3n) is 5.34. The van der Waals surface area contributed by atoms with Crippen LogP contribution in [-0.4, -0.2) is 14.9 Å². The van der Waals surface area contributed by atoms with E-state index in [9.17, 15) is 14.9 Å². The van der Waals surface area contributed by atoms with E-state index in [2.05, 4.69) is 9.97 Å². The Bertz CT molecular complexity index is 1350. The zero-order valence-corrected chi connectivity index (χ0v) is 17.3. The summed E-state index contributed by atoms with van der Waals surface area (Å²) in [5, 5.41) is 11.9. The Morgan fingerprint density at radius 1 is 1.13 bits per heavy atom. The van der Waals surface area contributed by atoms with Crippen LogP contribution in [0.25, 0.3) is 33.1 Å². The fourth-order valence-corrected chi connectivity index (χ4v) is 5.33. The van der Waals surface area contributed by atoms with E-state index in [4.69, 9.17) is 16.0 Å². The Morgan fingerprint density at radius 2 is 1.93 bits per heavy atom. The molecule has 0 saturated carbocycles. The SMILES string of the molecule is O=c1[nH]c(-c2ccc(-c3ccc(Cl)c([N+](=O)[O-])c3)o2)nc2sc3c(c12)CCCCC3. The quantitative estimate of drug-likeness (QED) is 0.248. The number of aromatic nitrogens is 2. The predicted octanol–water partition coefficient (Wildman–Crippen LogP) is 5.74. The van der Waals surface area contributed by atoms with Gasteiger partial charge in [-0.3, -0.25) is 14.9 Å². The monoisotopic (exact) mass is 441 g/mol. The van der Waals surface area contributed by atoms with Crippen LogP contribution in [0.2, 0.25) is 5.02 Å². The van der Waals surface area contributed by atoms with Gasteiger partial charge in [-0.25, -0.2) is 4.98 Å². The number of aryl methyl sites for hydroxylation is 2. The number of rotatable bonds is 3. The largest absolute Gasteiger partial charge is 0.453 e. The molecule has 30 heavy (non-hydrogen) atoms. The van der Waals surface area contributed by atoms with Crippen LogP contribution in [0.5, 0.6) is 0 Å². The van der Waals surface area contributed by atoms with Crippen LogP contribution in [-0.2, 0) is 12.8 Å². The van der Waals surface area contributed by atoms with E-state index >= 15 is 0 Å². The van der Waals surface area contributed by atoms with Crippen molar-refractivity contribution in [3.63, 3.8) is 0 Å². The Kier molecular flexibility index (Phi) is 4.67. The smallest absolute Gasteiger partial charge is 0.288 e. The number of fused-ring (bicyclic) bond motifs is 3. The zero-order chi connectivity index (χ0) is 20.8. The molecular weight excluding hydrogens is 426 g/mol. The molecule has 1 aliphatic carbocycles. The van der Waals surface area contributed by atoms with E-state index in [1.165, 1.54) is 23.4 Å². The van der Waals surface area contributed by atoms with Crippen LogP contribution >= 0.6 is 22.9 Å². The Labute approximate surface area is 179 Å². The third-order valence-corrected chi connectivity index (χ3v) is 6.85. The number of halogens is 1. The molecule has 0 fully saturated rings. The van der Waals surface area contributed by atoms with E-state index in [1.807, 2.05) is 0 Å². The highest BCUT2D eigenvalue weighted by Gasteiger charge is 2.21. The highest BCUT2D eigenvalue weighted by Crippen LogP contribution is 2.35. The first kappa shape index (κ1) is 19.0. The average molecular weight is 442 g/mol. The molecule has 5 rings (SSSR count). The van der Waals surface area contributed by atoms with E-state index in [0.717, 1.165) is 36.1 Å². The number of nitrogens with one attached hydrogen (secondary N) is 1. The molecular formula is C21H16ClN3O4S. The van der Waals surface area contributed by atoms with E-state index in [1.54, 1.807) is 29.5 Å². The van der Waals surface area contributed by atoms with Gasteiger partial charge in [-0.1, -0.05) is 18.0 Å². The molecule has 7 nitrogen and oxygen atoms in total. The summed E-state index contributed by atoms with van der Waals surface area (Å²) in [4.78, 5) is 32.9. The molecule has 1 N–H and O–H groups in total. The van der Waals surface area contributed by atoms with Gasteiger partial charge in [0, 0.05) is 16.5 Å². The molecule has 3 aromatic heterocycles. The first-order chi connectivity index (χ1) is 14.5. The molecule has 0 radical (unpaired) electrons. The molecule has 9 heteroatoms. The summed E-state index contributed by atoms with van der Waals surface area (Å²) in [6.45, 7) is 0. The number of benzene rings is 1. The van der Waals surface area contributed by atoms with E-state index in [-0.39, 0.29) is 16.3 Å². The second kappa shape index (κ2) is 7.37. The van der Waals surface area contributed by atoms with Crippen LogP contribution in [0.3, 0.4) is 0 Å². The number of aromatic amines is 1. The predicted molar refractivity (Wildman–Crippen MR) is 116 cm³/mol. The van der Waals surface area contributed by atoms with E-state index < -0.39 is 4.92 Å². The van der Waals surface area contributed by atoms with Crippen LogP contribution in [0, 0.1) is 10.1 Å². The summed E-state index contributed by atoms with van der Waals surface area (Å²) in [6.07, 6.45) is 5.32. The van der Waals surface area contributed by atoms with Crippen molar-refractivity contribution in [1.82, 2.24) is 9.97 Å². The number of furan rings is 1. The fraction of sp³-hybridized carbons (Fsp3) is 0.238. The topological polar surface area (TPSA) is 102 Å². The lowest BCUT2D eigenvalue weighted by Gasteiger charge is -2.01. The number of nitrogens with zero attached hydrogens (tertiary/aromatic N) is 2. The first-order valence-corrected chi connectivity index (χ1v) is 10.8. The normalized spacial score (nSPS) is 13.9. The number of H-pyrrole nitrogens is 1. The molecule has 0 amide bonds. The van der Waals surface area contributed by atoms with E-state index in [0.29, 0.717) is 28.3 Å². The number of thiophene rings is 1. The van der Waals surface area contributed by atoms with Gasteiger partial charge >= 0.3 is 0 Å². The van der Waals surface area contributed by atoms with Crippen LogP contribution in [0.1, 0.15) is 29.7 Å². The van der Waals surface area contributed by atoms with Crippen LogP contribution in [0.4, 0.5) is 5.69 Å². The van der Waals surface area contributed by atoms with Gasteiger partial charge in [0.1, 0.15) is 15.6 Å². The van der Waals surface area contributed by atoms with Gasteiger partial charge in [-0.05, 0) is 55.5 Å². The van der Waals surface area contributed by atoms with Gasteiger partial charge < -0.3 is 9.40 Å². The van der Waals surface area contributed by atoms with Crippen molar-refractivity contribution in [1.29, 1.82) is 0 Å². The number of nitro benzene ring substituents is 1. The second-order valence-electron chi connectivity index (χ2n) is 7.25. The summed E-state index contributed by atoms with van der Waals surface area (Å²) in [7, 11) is 0. The highest BCUT2D eigenvalue weighted by molar-refractivity contribution is 7.18. The average Bonchev–Trinajstić information content (AvgIpc) is 3.27. The van der Waals surface area contributed by atoms with Crippen LogP contribution < -0.4 is 5.56 Å². The first-order valence-electron chi connectivity index (χ1n) is 9.60. The minimum atomic E-state index is -0.538. The van der Waals surface area contributed by atoms with Crippen molar-refractivity contribution in [2.24, 2.45) is 0 Å². The molecule has 3 heterocycles. The fourth-order valence-electron chi connectivity index (χ4n) is 3.88. The minimum Gasteiger partial charge on any atom is -0.453 e. The number of nitro groups is 1. The molecule has 0 saturated heterocycles. The van der Waals surface area contributed by atoms with Crippen molar-refractivity contribution < 1.29 is 9.34 Å². The maximum Gasteiger partial charge on any atom is 0.288 e. The van der Waals surface area contributed by atoms with Crippen molar-refractivity contribution in [3.05, 3.63) is 66.3 Å². The Balaban J connectivity index is 1.56. The molecule has 4 aromatic rings. The van der Waals surface area contributed by atoms with Gasteiger partial charge in [0.15, 0.2) is 11.6 Å². The van der Waals surface area contributed by atoms with Gasteiger partial charge in [-0.15, -0.1) is 11.3 Å². The maximum absolute atomic E-state index is 12.8. The lowest BCUT2D eigenvalue weighted by molar-refractivity contribution is -0.384. The minimum absolute atomic E-state index is 0.0597. The molecule has 1 aliphatic rings. The summed E-state index contributed by atoms with van der Waals surface area (Å²) in [6, 6.07) is 7.85. The number of hydrogen-bond donors (Lipinski definition) is 1. The van der Waals surface area contributed by atoms with Gasteiger partial charge in [0.05, 0.1) is 10.3 Å². The van der Waals surface area contributed by atoms with Gasteiger partial charge in [-0.2, -0.15) is 0 Å². The molecule has 0 atom stereocenters. The van der Waals surface area contributed by atoms with Gasteiger partial charge in [0.2, 0.25) is 0 Å². The van der Waals surface area contributed by atoms with Gasteiger partial charge in [0.25, 0.3) is 11.2 Å². The second-order valence-corrected chi connectivity index (χ2v) is 8.74. The lowest BCUT2D eigenvalue weighted by Crippen LogP contribution is -2.09. The molecule has 0 unspecified atom stereocenters. The maximum atomic E-state index is 12.8.